The van der Waals surface area contributed by atoms with Crippen LogP contribution in [0.15, 0.2) is 5.16 Å². The molecule has 9 heavy (non-hydrogen) atoms. The monoisotopic (exact) mass is 179 g/mol. The lowest BCUT2D eigenvalue weighted by Gasteiger charge is -1.73. The maximum absolute atomic E-state index is 7.61. The van der Waals surface area contributed by atoms with E-state index in [1.807, 2.05) is 0 Å². The third kappa shape index (κ3) is 82.6. The fourth-order valence-electron chi connectivity index (χ4n) is 0. The molecular weight excluding hydrogens is 169 g/mol. The normalized spacial score (nSPS) is 7.22. The Labute approximate surface area is 65.5 Å². The highest BCUT2D eigenvalue weighted by Crippen LogP contribution is 1.51. The maximum Gasteiger partial charge on any atom is 0.135 e. The van der Waals surface area contributed by atoms with E-state index in [1.54, 1.807) is 0 Å². The van der Waals surface area contributed by atoms with Crippen molar-refractivity contribution in [2.45, 2.75) is 6.92 Å². The molecule has 0 unspecified atom stereocenters. The number of hydrogen-bond acceptors (Lipinski definition) is 4. The Morgan fingerprint density at radius 1 is 1.33 bits per heavy atom. The van der Waals surface area contributed by atoms with Gasteiger partial charge in [0.05, 0.1) is 0 Å². The van der Waals surface area contributed by atoms with Gasteiger partial charge in [-0.25, -0.2) is 5.90 Å². The number of halogens is 2. The van der Waals surface area contributed by atoms with Gasteiger partial charge in [-0.1, -0.05) is 5.16 Å². The van der Waals surface area contributed by atoms with Crippen LogP contribution in [0, 0.1) is 0 Å². The van der Waals surface area contributed by atoms with Crippen LogP contribution in [0.5, 0.6) is 0 Å². The molecule has 0 aromatic heterocycles. The highest BCUT2D eigenvalue weighted by atomic mass is 35.5. The van der Waals surface area contributed by atoms with Gasteiger partial charge < -0.3 is 16.1 Å². The predicted molar refractivity (Wildman–Crippen MR) is 39.6 cm³/mol. The first kappa shape index (κ1) is 23.3. The van der Waals surface area contributed by atoms with Gasteiger partial charge in [0.25, 0.3) is 0 Å². The lowest BCUT2D eigenvalue weighted by Crippen LogP contribution is -2.03. The Bertz CT molecular complexity index is 55.8. The molecule has 0 saturated carbocycles. The molecule has 0 heterocycles. The Morgan fingerprint density at radius 3 is 1.44 bits per heavy atom. The summed E-state index contributed by atoms with van der Waals surface area (Å²) in [5, 5.41) is 16.7. The number of nitrogens with zero attached hydrogens (tertiary/aromatic N) is 1. The Balaban J connectivity index is -0.0000000286. The van der Waals surface area contributed by atoms with E-state index in [4.69, 9.17) is 16.1 Å². The number of nitrogens with two attached hydrogens (primary N) is 2. The molecule has 0 aliphatic carbocycles. The van der Waals surface area contributed by atoms with Gasteiger partial charge in [0, 0.05) is 0 Å². The van der Waals surface area contributed by atoms with E-state index < -0.39 is 0 Å². The molecule has 0 aliphatic heterocycles. The van der Waals surface area contributed by atoms with Gasteiger partial charge in [-0.3, -0.25) is 0 Å². The van der Waals surface area contributed by atoms with E-state index in [9.17, 15) is 0 Å². The van der Waals surface area contributed by atoms with Crippen molar-refractivity contribution in [3.05, 3.63) is 0 Å². The van der Waals surface area contributed by atoms with Crippen LogP contribution in [0.25, 0.3) is 0 Å². The largest absolute Gasteiger partial charge is 0.409 e. The fourth-order valence-corrected chi connectivity index (χ4v) is 0. The lowest BCUT2D eigenvalue weighted by molar-refractivity contribution is 0.311. The maximum atomic E-state index is 7.61. The quantitative estimate of drug-likeness (QED) is 0.181. The molecule has 0 aromatic carbocycles. The molecule has 6 N–H and O–H groups in total. The molecule has 0 radical (unpaired) electrons. The van der Waals surface area contributed by atoms with Crippen LogP contribution in [-0.4, -0.2) is 16.3 Å². The third-order valence-corrected chi connectivity index (χ3v) is 0.158. The average molecular weight is 180 g/mol. The van der Waals surface area contributed by atoms with E-state index in [1.165, 1.54) is 6.92 Å². The summed E-state index contributed by atoms with van der Waals surface area (Å²) in [6.07, 6.45) is 0. The summed E-state index contributed by atoms with van der Waals surface area (Å²) in [4.78, 5) is 0. The summed E-state index contributed by atoms with van der Waals surface area (Å²) < 4.78 is 0. The third-order valence-electron chi connectivity index (χ3n) is 0.158. The first-order chi connectivity index (χ1) is 3.27. The molecular formula is C2H11Cl2N3O2. The Morgan fingerprint density at radius 2 is 1.44 bits per heavy atom. The van der Waals surface area contributed by atoms with Crippen molar-refractivity contribution in [1.29, 1.82) is 0 Å². The second-order valence-corrected chi connectivity index (χ2v) is 0.741. The van der Waals surface area contributed by atoms with Crippen LogP contribution in [0.2, 0.25) is 0 Å². The minimum atomic E-state index is 0. The molecule has 0 fully saturated rings. The fraction of sp³-hybridized carbons (Fsp3) is 0.500. The first-order valence-corrected chi connectivity index (χ1v) is 1.47. The van der Waals surface area contributed by atoms with Crippen LogP contribution in [0.4, 0.5) is 0 Å². The van der Waals surface area contributed by atoms with Crippen molar-refractivity contribution >= 4 is 30.6 Å². The van der Waals surface area contributed by atoms with Crippen LogP contribution in [0.1, 0.15) is 6.92 Å². The van der Waals surface area contributed by atoms with Gasteiger partial charge in [-0.2, -0.15) is 0 Å². The number of oxime groups is 1. The molecule has 0 rings (SSSR count). The van der Waals surface area contributed by atoms with E-state index in [0.717, 1.165) is 0 Å². The van der Waals surface area contributed by atoms with Crippen LogP contribution >= 0.6 is 24.8 Å². The molecule has 0 amide bonds. The summed E-state index contributed by atoms with van der Waals surface area (Å²) >= 11 is 0. The lowest BCUT2D eigenvalue weighted by atomic mass is 10.7. The summed E-state index contributed by atoms with van der Waals surface area (Å²) in [6, 6.07) is 0. The summed E-state index contributed by atoms with van der Waals surface area (Å²) in [7, 11) is 0. The second-order valence-electron chi connectivity index (χ2n) is 0.741. The van der Waals surface area contributed by atoms with Crippen molar-refractivity contribution in [1.82, 2.24) is 0 Å². The second kappa shape index (κ2) is 25.1. The summed E-state index contributed by atoms with van der Waals surface area (Å²) in [6.45, 7) is 1.50. The standard InChI is InChI=1S/C2H6N2O.2ClH.H3NO/c1-2(3)4-5;;;1-2/h5H,1H3,(H2,3,4);2*1H;2H,1H2. The van der Waals surface area contributed by atoms with Crippen molar-refractivity contribution in [3.63, 3.8) is 0 Å². The molecule has 0 saturated heterocycles. The van der Waals surface area contributed by atoms with Gasteiger partial charge >= 0.3 is 0 Å². The van der Waals surface area contributed by atoms with Crippen LogP contribution in [-0.2, 0) is 0 Å². The van der Waals surface area contributed by atoms with E-state index in [0.29, 0.717) is 0 Å². The van der Waals surface area contributed by atoms with Gasteiger partial charge in [-0.15, -0.1) is 24.8 Å². The number of hydrogen-bond donors (Lipinski definition) is 4. The molecule has 0 aromatic rings. The van der Waals surface area contributed by atoms with Gasteiger partial charge in [-0.05, 0) is 6.92 Å². The zero-order valence-electron chi connectivity index (χ0n) is 4.81. The van der Waals surface area contributed by atoms with Gasteiger partial charge in [0.15, 0.2) is 0 Å². The molecule has 5 nitrogen and oxygen atoms in total. The number of rotatable bonds is 0. The van der Waals surface area contributed by atoms with E-state index in [2.05, 4.69) is 11.1 Å². The minimum absolute atomic E-state index is 0. The molecule has 0 atom stereocenters. The molecule has 7 heteroatoms. The van der Waals surface area contributed by atoms with Crippen molar-refractivity contribution < 1.29 is 10.4 Å². The zero-order valence-corrected chi connectivity index (χ0v) is 6.45. The summed E-state index contributed by atoms with van der Waals surface area (Å²) in [5.74, 6) is 3.69. The number of amidine groups is 1. The predicted octanol–water partition coefficient (Wildman–Crippen LogP) is -0.0694. The first-order valence-electron chi connectivity index (χ1n) is 1.47. The minimum Gasteiger partial charge on any atom is -0.409 e. The molecule has 60 valence electrons. The SMILES string of the molecule is CC(N)=NO.Cl.Cl.NO. The van der Waals surface area contributed by atoms with Crippen molar-refractivity contribution in [3.8, 4) is 0 Å². The highest BCUT2D eigenvalue weighted by molar-refractivity contribution is 5.85. The summed E-state index contributed by atoms with van der Waals surface area (Å²) in [5.41, 5.74) is 4.79. The van der Waals surface area contributed by atoms with Gasteiger partial charge in [0.2, 0.25) is 0 Å². The van der Waals surface area contributed by atoms with E-state index in [-0.39, 0.29) is 30.6 Å². The average Bonchev–Trinajstić information content (AvgIpc) is 1.73. The smallest absolute Gasteiger partial charge is 0.135 e. The van der Waals surface area contributed by atoms with Crippen LogP contribution < -0.4 is 11.6 Å². The molecule has 0 spiro atoms. The molecule has 0 bridgehead atoms. The van der Waals surface area contributed by atoms with E-state index >= 15 is 0 Å². The van der Waals surface area contributed by atoms with Crippen molar-refractivity contribution in [2.24, 2.45) is 16.8 Å². The molecule has 0 aliphatic rings. The Kier molecular flexibility index (Phi) is 64.8. The van der Waals surface area contributed by atoms with Gasteiger partial charge in [0.1, 0.15) is 5.84 Å². The Hall–Kier alpha value is -0.230. The topological polar surface area (TPSA) is 105 Å². The zero-order chi connectivity index (χ0) is 6.28. The highest BCUT2D eigenvalue weighted by Gasteiger charge is 1.64. The van der Waals surface area contributed by atoms with Crippen molar-refractivity contribution in [2.75, 3.05) is 0 Å². The van der Waals surface area contributed by atoms with Crippen LogP contribution in [0.3, 0.4) is 0 Å².